The summed E-state index contributed by atoms with van der Waals surface area (Å²) in [5.74, 6) is -0.961. The van der Waals surface area contributed by atoms with Crippen LogP contribution in [0.4, 0.5) is 0 Å². The molecular weight excluding hydrogens is 805 g/mol. The highest BCUT2D eigenvalue weighted by Gasteiger charge is 2.19. The van der Waals surface area contributed by atoms with Crippen molar-refractivity contribution in [3.63, 3.8) is 0 Å². The van der Waals surface area contributed by atoms with Crippen molar-refractivity contribution in [1.82, 2.24) is 0 Å². The maximum Gasteiger partial charge on any atom is 0.306 e. The van der Waals surface area contributed by atoms with Crippen molar-refractivity contribution in [2.75, 3.05) is 13.2 Å². The molecule has 0 rings (SSSR count). The predicted molar refractivity (Wildman–Crippen MR) is 279 cm³/mol. The standard InChI is InChI=1S/C59H96O6/c1-4-7-10-13-16-19-22-25-27-29-30-31-33-34-37-40-43-46-49-52-58(61)64-55-56(54-63-57(60)51-48-45-42-39-36-24-21-18-15-12-9-6-3)65-59(62)53-50-47-44-41-38-35-32-28-26-23-20-17-14-11-8-5-2/h7-8,10-11,16-21,25-28,30-31,35,38,56H,4-6,9,12-15,22-24,29,32-34,36-37,39-55H2,1-3H3/b10-7-,11-8-,19-16-,20-17-,21-18-,27-25-,28-26-,31-30-,38-35-. The average Bonchev–Trinajstić information content (AvgIpc) is 3.30. The van der Waals surface area contributed by atoms with Crippen LogP contribution in [0, 0.1) is 0 Å². The summed E-state index contributed by atoms with van der Waals surface area (Å²) in [5.41, 5.74) is 0. The Bertz CT molecular complexity index is 1360. The van der Waals surface area contributed by atoms with E-state index in [2.05, 4.69) is 130 Å². The van der Waals surface area contributed by atoms with E-state index in [1.807, 2.05) is 0 Å². The van der Waals surface area contributed by atoms with Gasteiger partial charge < -0.3 is 14.2 Å². The number of esters is 3. The lowest BCUT2D eigenvalue weighted by molar-refractivity contribution is -0.167. The van der Waals surface area contributed by atoms with E-state index in [4.69, 9.17) is 14.2 Å². The molecule has 0 amide bonds. The first kappa shape index (κ1) is 61.1. The maximum atomic E-state index is 12.8. The summed E-state index contributed by atoms with van der Waals surface area (Å²) in [5, 5.41) is 0. The molecule has 0 fully saturated rings. The molecule has 6 nitrogen and oxygen atoms in total. The Morgan fingerprint density at radius 2 is 0.600 bits per heavy atom. The van der Waals surface area contributed by atoms with Gasteiger partial charge in [0.15, 0.2) is 6.10 Å². The van der Waals surface area contributed by atoms with Gasteiger partial charge in [0.25, 0.3) is 0 Å². The number of hydrogen-bond donors (Lipinski definition) is 0. The molecule has 65 heavy (non-hydrogen) atoms. The van der Waals surface area contributed by atoms with Gasteiger partial charge in [-0.05, 0) is 122 Å². The lowest BCUT2D eigenvalue weighted by Gasteiger charge is -2.18. The lowest BCUT2D eigenvalue weighted by Crippen LogP contribution is -2.30. The maximum absolute atomic E-state index is 12.8. The summed E-state index contributed by atoms with van der Waals surface area (Å²) in [4.78, 5) is 38.0. The Morgan fingerprint density at radius 1 is 0.323 bits per heavy atom. The zero-order chi connectivity index (χ0) is 47.2. The number of unbranched alkanes of at least 4 members (excludes halogenated alkanes) is 17. The van der Waals surface area contributed by atoms with Crippen LogP contribution in [0.3, 0.4) is 0 Å². The first-order valence-corrected chi connectivity index (χ1v) is 26.4. The summed E-state index contributed by atoms with van der Waals surface area (Å²) in [6.07, 6.45) is 70.7. The van der Waals surface area contributed by atoms with Crippen molar-refractivity contribution in [3.8, 4) is 0 Å². The van der Waals surface area contributed by atoms with Crippen LogP contribution in [-0.4, -0.2) is 37.2 Å². The molecule has 368 valence electrons. The van der Waals surface area contributed by atoms with E-state index in [9.17, 15) is 14.4 Å². The Labute approximate surface area is 400 Å². The fraction of sp³-hybridized carbons (Fsp3) is 0.644. The summed E-state index contributed by atoms with van der Waals surface area (Å²) in [6.45, 7) is 6.33. The van der Waals surface area contributed by atoms with Gasteiger partial charge in [-0.1, -0.05) is 194 Å². The van der Waals surface area contributed by atoms with E-state index in [0.29, 0.717) is 12.8 Å². The third-order valence-electron chi connectivity index (χ3n) is 10.7. The number of hydrogen-bond acceptors (Lipinski definition) is 6. The molecule has 0 aliphatic carbocycles. The van der Waals surface area contributed by atoms with Crippen molar-refractivity contribution >= 4 is 17.9 Å². The topological polar surface area (TPSA) is 78.9 Å². The van der Waals surface area contributed by atoms with Crippen LogP contribution in [0.25, 0.3) is 0 Å². The quantitative estimate of drug-likeness (QED) is 0.0262. The van der Waals surface area contributed by atoms with Crippen molar-refractivity contribution in [2.24, 2.45) is 0 Å². The highest BCUT2D eigenvalue weighted by atomic mass is 16.6. The van der Waals surface area contributed by atoms with Crippen LogP contribution in [-0.2, 0) is 28.6 Å². The molecule has 0 aromatic carbocycles. The Hall–Kier alpha value is -3.93. The molecule has 0 aromatic rings. The second kappa shape index (κ2) is 52.7. The van der Waals surface area contributed by atoms with Gasteiger partial charge in [-0.2, -0.15) is 0 Å². The second-order valence-electron chi connectivity index (χ2n) is 17.0. The third kappa shape index (κ3) is 50.9. The molecule has 0 saturated heterocycles. The number of carbonyl (C=O) groups is 3. The van der Waals surface area contributed by atoms with E-state index in [0.717, 1.165) is 141 Å². The number of allylic oxidation sites excluding steroid dienone is 18. The molecule has 0 bridgehead atoms. The van der Waals surface area contributed by atoms with Crippen molar-refractivity contribution in [2.45, 2.75) is 232 Å². The van der Waals surface area contributed by atoms with Gasteiger partial charge in [0.1, 0.15) is 13.2 Å². The minimum absolute atomic E-state index is 0.102. The SMILES string of the molecule is CC/C=C\C/C=C\C/C=C\C/C=C\CCCCCCCCC(=O)OCC(COC(=O)CCCCCCC/C=C\CCCCC)OC(=O)CCCCC/C=C\C/C=C\C/C=C\C/C=C\CC. The second-order valence-corrected chi connectivity index (χ2v) is 17.0. The molecule has 6 heteroatoms. The van der Waals surface area contributed by atoms with Crippen molar-refractivity contribution in [3.05, 3.63) is 109 Å². The summed E-state index contributed by atoms with van der Waals surface area (Å²) in [6, 6.07) is 0. The highest BCUT2D eigenvalue weighted by molar-refractivity contribution is 5.71. The van der Waals surface area contributed by atoms with E-state index >= 15 is 0 Å². The third-order valence-corrected chi connectivity index (χ3v) is 10.7. The van der Waals surface area contributed by atoms with Crippen LogP contribution < -0.4 is 0 Å². The number of carbonyl (C=O) groups excluding carboxylic acids is 3. The lowest BCUT2D eigenvalue weighted by atomic mass is 10.1. The zero-order valence-electron chi connectivity index (χ0n) is 42.0. The highest BCUT2D eigenvalue weighted by Crippen LogP contribution is 2.13. The average molecular weight is 901 g/mol. The number of ether oxygens (including phenoxy) is 3. The molecule has 0 aromatic heterocycles. The number of rotatable bonds is 46. The molecule has 1 unspecified atom stereocenters. The van der Waals surface area contributed by atoms with Crippen LogP contribution in [0.2, 0.25) is 0 Å². The molecule has 0 radical (unpaired) electrons. The van der Waals surface area contributed by atoms with Gasteiger partial charge in [-0.3, -0.25) is 14.4 Å². The molecule has 0 saturated carbocycles. The Kier molecular flexibility index (Phi) is 49.5. The molecule has 1 atom stereocenters. The van der Waals surface area contributed by atoms with Crippen molar-refractivity contribution < 1.29 is 28.6 Å². The Balaban J connectivity index is 4.47. The van der Waals surface area contributed by atoms with E-state index < -0.39 is 6.10 Å². The molecule has 0 spiro atoms. The summed E-state index contributed by atoms with van der Waals surface area (Å²) >= 11 is 0. The van der Waals surface area contributed by atoms with Crippen LogP contribution in [0.5, 0.6) is 0 Å². The van der Waals surface area contributed by atoms with Crippen molar-refractivity contribution in [1.29, 1.82) is 0 Å². The minimum atomic E-state index is -0.806. The normalized spacial score (nSPS) is 13.0. The fourth-order valence-corrected chi connectivity index (χ4v) is 6.83. The first-order valence-electron chi connectivity index (χ1n) is 26.4. The van der Waals surface area contributed by atoms with Gasteiger partial charge in [-0.25, -0.2) is 0 Å². The van der Waals surface area contributed by atoms with E-state index in [-0.39, 0.29) is 37.5 Å². The smallest absolute Gasteiger partial charge is 0.306 e. The van der Waals surface area contributed by atoms with Gasteiger partial charge in [-0.15, -0.1) is 0 Å². The molecular formula is C59H96O6. The van der Waals surface area contributed by atoms with Gasteiger partial charge >= 0.3 is 17.9 Å². The predicted octanol–water partition coefficient (Wildman–Crippen LogP) is 17.5. The first-order chi connectivity index (χ1) is 32.0. The summed E-state index contributed by atoms with van der Waals surface area (Å²) < 4.78 is 16.8. The van der Waals surface area contributed by atoms with Crippen LogP contribution in [0.15, 0.2) is 109 Å². The summed E-state index contributed by atoms with van der Waals surface area (Å²) in [7, 11) is 0. The van der Waals surface area contributed by atoms with Gasteiger partial charge in [0, 0.05) is 19.3 Å². The largest absolute Gasteiger partial charge is 0.462 e. The molecule has 0 aliphatic rings. The fourth-order valence-electron chi connectivity index (χ4n) is 6.83. The van der Waals surface area contributed by atoms with Crippen LogP contribution >= 0.6 is 0 Å². The van der Waals surface area contributed by atoms with E-state index in [1.54, 1.807) is 0 Å². The monoisotopic (exact) mass is 901 g/mol. The van der Waals surface area contributed by atoms with Gasteiger partial charge in [0.2, 0.25) is 0 Å². The Morgan fingerprint density at radius 3 is 0.969 bits per heavy atom. The van der Waals surface area contributed by atoms with Gasteiger partial charge in [0.05, 0.1) is 0 Å². The van der Waals surface area contributed by atoms with Crippen LogP contribution in [0.1, 0.15) is 226 Å². The minimum Gasteiger partial charge on any atom is -0.462 e. The molecule has 0 heterocycles. The molecule has 0 N–H and O–H groups in total. The van der Waals surface area contributed by atoms with E-state index in [1.165, 1.54) is 44.9 Å². The zero-order valence-corrected chi connectivity index (χ0v) is 42.0. The molecule has 0 aliphatic heterocycles.